The summed E-state index contributed by atoms with van der Waals surface area (Å²) < 4.78 is 18.4. The van der Waals surface area contributed by atoms with Crippen LogP contribution in [0.3, 0.4) is 0 Å². The molecule has 0 spiro atoms. The molecule has 0 unspecified atom stereocenters. The zero-order valence-corrected chi connectivity index (χ0v) is 13.6. The van der Waals surface area contributed by atoms with E-state index in [9.17, 15) is 4.39 Å². The Morgan fingerprint density at radius 2 is 1.83 bits per heavy atom. The molecule has 0 atom stereocenters. The van der Waals surface area contributed by atoms with Crippen LogP contribution in [0.25, 0.3) is 0 Å². The van der Waals surface area contributed by atoms with Gasteiger partial charge in [0.15, 0.2) is 5.82 Å². The summed E-state index contributed by atoms with van der Waals surface area (Å²) >= 11 is 7.29. The van der Waals surface area contributed by atoms with Crippen LogP contribution < -0.4 is 4.74 Å². The fraction of sp³-hybridized carbons (Fsp3) is 0.125. The minimum Gasteiger partial charge on any atom is -0.486 e. The number of halogens is 2. The number of thioether (sulfide) groups is 1. The molecule has 3 aromatic rings. The van der Waals surface area contributed by atoms with Gasteiger partial charge in [0, 0.05) is 10.8 Å². The Hall–Kier alpha value is -2.05. The van der Waals surface area contributed by atoms with Crippen LogP contribution in [-0.2, 0) is 12.4 Å². The second-order valence-corrected chi connectivity index (χ2v) is 6.10. The van der Waals surface area contributed by atoms with Gasteiger partial charge in [-0.25, -0.2) is 9.37 Å². The smallest absolute Gasteiger partial charge is 0.208 e. The van der Waals surface area contributed by atoms with Gasteiger partial charge < -0.3 is 4.74 Å². The van der Waals surface area contributed by atoms with E-state index in [0.29, 0.717) is 34.1 Å². The van der Waals surface area contributed by atoms with Gasteiger partial charge in [0.05, 0.1) is 0 Å². The van der Waals surface area contributed by atoms with Gasteiger partial charge in [0.2, 0.25) is 5.16 Å². The van der Waals surface area contributed by atoms with Crippen molar-refractivity contribution in [2.24, 2.45) is 0 Å². The molecule has 0 aliphatic heterocycles. The Morgan fingerprint density at radius 3 is 2.57 bits per heavy atom. The van der Waals surface area contributed by atoms with Crippen molar-refractivity contribution < 1.29 is 9.13 Å². The van der Waals surface area contributed by atoms with Crippen molar-refractivity contribution in [3.63, 3.8) is 0 Å². The van der Waals surface area contributed by atoms with Crippen LogP contribution in [0.15, 0.2) is 53.7 Å². The van der Waals surface area contributed by atoms with E-state index >= 15 is 0 Å². The van der Waals surface area contributed by atoms with E-state index in [-0.39, 0.29) is 5.82 Å². The predicted molar refractivity (Wildman–Crippen MR) is 88.1 cm³/mol. The number of hydrogen-bond acceptors (Lipinski definition) is 4. The number of hydrogen-bond donors (Lipinski definition) is 1. The van der Waals surface area contributed by atoms with Crippen LogP contribution >= 0.6 is 23.4 Å². The molecule has 3 rings (SSSR count). The Balaban J connectivity index is 1.51. The van der Waals surface area contributed by atoms with Crippen molar-refractivity contribution >= 4 is 23.4 Å². The molecule has 1 heterocycles. The molecule has 0 bridgehead atoms. The Bertz CT molecular complexity index is 698. The van der Waals surface area contributed by atoms with Crippen molar-refractivity contribution in [2.45, 2.75) is 17.5 Å². The summed E-state index contributed by atoms with van der Waals surface area (Å²) in [5, 5.41) is 8.26. The van der Waals surface area contributed by atoms with Crippen molar-refractivity contribution in [3.8, 4) is 5.75 Å². The highest BCUT2D eigenvalue weighted by atomic mass is 35.5. The van der Waals surface area contributed by atoms with Crippen LogP contribution in [0, 0.1) is 5.82 Å². The van der Waals surface area contributed by atoms with Gasteiger partial charge in [-0.2, -0.15) is 0 Å². The lowest BCUT2D eigenvalue weighted by molar-refractivity contribution is 0.296. The van der Waals surface area contributed by atoms with Crippen molar-refractivity contribution in [3.05, 3.63) is 70.8 Å². The minimum absolute atomic E-state index is 0.238. The van der Waals surface area contributed by atoms with E-state index in [1.165, 1.54) is 23.9 Å². The van der Waals surface area contributed by atoms with Gasteiger partial charge in [0.25, 0.3) is 0 Å². The van der Waals surface area contributed by atoms with Crippen LogP contribution in [0.4, 0.5) is 4.39 Å². The number of nitrogens with one attached hydrogen (secondary N) is 1. The highest BCUT2D eigenvalue weighted by Gasteiger charge is 2.05. The summed E-state index contributed by atoms with van der Waals surface area (Å²) in [4.78, 5) is 4.35. The molecule has 1 N–H and O–H groups in total. The zero-order valence-electron chi connectivity index (χ0n) is 12.0. The van der Waals surface area contributed by atoms with Gasteiger partial charge in [-0.1, -0.05) is 35.5 Å². The first-order valence-electron chi connectivity index (χ1n) is 6.86. The quantitative estimate of drug-likeness (QED) is 0.667. The summed E-state index contributed by atoms with van der Waals surface area (Å²) in [6, 6.07) is 13.5. The van der Waals surface area contributed by atoms with Gasteiger partial charge in [-0.3, -0.25) is 5.10 Å². The Kier molecular flexibility index (Phi) is 5.15. The summed E-state index contributed by atoms with van der Waals surface area (Å²) in [5.41, 5.74) is 1.01. The Morgan fingerprint density at radius 1 is 1.09 bits per heavy atom. The van der Waals surface area contributed by atoms with Gasteiger partial charge in [-0.05, 0) is 42.0 Å². The molecule has 4 nitrogen and oxygen atoms in total. The minimum atomic E-state index is -0.238. The van der Waals surface area contributed by atoms with Crippen LogP contribution in [0.1, 0.15) is 11.4 Å². The second kappa shape index (κ2) is 7.48. The monoisotopic (exact) mass is 349 g/mol. The first-order valence-corrected chi connectivity index (χ1v) is 8.22. The molecule has 0 fully saturated rings. The zero-order chi connectivity index (χ0) is 16.1. The first-order chi connectivity index (χ1) is 11.2. The number of rotatable bonds is 6. The van der Waals surface area contributed by atoms with Crippen LogP contribution in [-0.4, -0.2) is 15.2 Å². The molecule has 118 valence electrons. The Labute approximate surface area is 142 Å². The molecular weight excluding hydrogens is 337 g/mol. The summed E-state index contributed by atoms with van der Waals surface area (Å²) in [7, 11) is 0. The lowest BCUT2D eigenvalue weighted by atomic mass is 10.2. The molecule has 0 radical (unpaired) electrons. The maximum atomic E-state index is 12.8. The molecule has 0 aliphatic carbocycles. The number of benzene rings is 2. The number of H-pyrrole nitrogens is 1. The third kappa shape index (κ3) is 4.71. The second-order valence-electron chi connectivity index (χ2n) is 4.72. The molecule has 0 saturated carbocycles. The van der Waals surface area contributed by atoms with Crippen molar-refractivity contribution in [1.29, 1.82) is 0 Å². The van der Waals surface area contributed by atoms with E-state index < -0.39 is 0 Å². The normalized spacial score (nSPS) is 10.7. The molecule has 1 aromatic heterocycles. The van der Waals surface area contributed by atoms with E-state index in [1.54, 1.807) is 36.4 Å². The van der Waals surface area contributed by atoms with E-state index in [0.717, 1.165) is 5.56 Å². The summed E-state index contributed by atoms with van der Waals surface area (Å²) in [6.07, 6.45) is 0. The largest absolute Gasteiger partial charge is 0.486 e. The fourth-order valence-corrected chi connectivity index (χ4v) is 2.72. The topological polar surface area (TPSA) is 50.8 Å². The third-order valence-electron chi connectivity index (χ3n) is 2.98. The molecule has 7 heteroatoms. The number of nitrogens with zero attached hydrogens (tertiary/aromatic N) is 2. The lowest BCUT2D eigenvalue weighted by Gasteiger charge is -2.03. The number of ether oxygens (including phenoxy) is 1. The summed E-state index contributed by atoms with van der Waals surface area (Å²) in [6.45, 7) is 0.297. The number of aromatic amines is 1. The lowest BCUT2D eigenvalue weighted by Crippen LogP contribution is -1.97. The molecule has 0 amide bonds. The molecule has 2 aromatic carbocycles. The predicted octanol–water partition coefficient (Wildman–Crippen LogP) is 4.47. The van der Waals surface area contributed by atoms with Gasteiger partial charge >= 0.3 is 0 Å². The maximum absolute atomic E-state index is 12.8. The highest BCUT2D eigenvalue weighted by molar-refractivity contribution is 7.98. The van der Waals surface area contributed by atoms with E-state index in [4.69, 9.17) is 16.3 Å². The third-order valence-corrected chi connectivity index (χ3v) is 4.15. The van der Waals surface area contributed by atoms with Crippen LogP contribution in [0.5, 0.6) is 5.75 Å². The SMILES string of the molecule is Fc1ccc(CSc2n[nH]c(COc3ccc(Cl)cc3)n2)cc1. The number of aromatic nitrogens is 3. The average molecular weight is 350 g/mol. The van der Waals surface area contributed by atoms with Crippen molar-refractivity contribution in [1.82, 2.24) is 15.2 Å². The maximum Gasteiger partial charge on any atom is 0.208 e. The van der Waals surface area contributed by atoms with Gasteiger partial charge in [-0.15, -0.1) is 5.10 Å². The standard InChI is InChI=1S/C16H13ClFN3OS/c17-12-3-7-14(8-4-12)22-9-15-19-16(21-20-15)23-10-11-1-5-13(18)6-2-11/h1-8H,9-10H2,(H,19,20,21). The van der Waals surface area contributed by atoms with E-state index in [2.05, 4.69) is 15.2 Å². The molecule has 0 saturated heterocycles. The fourth-order valence-electron chi connectivity index (χ4n) is 1.82. The highest BCUT2D eigenvalue weighted by Crippen LogP contribution is 2.20. The van der Waals surface area contributed by atoms with Crippen LogP contribution in [0.2, 0.25) is 5.02 Å². The first kappa shape index (κ1) is 15.8. The molecule has 0 aliphatic rings. The molecular formula is C16H13ClFN3OS. The molecule has 23 heavy (non-hydrogen) atoms. The van der Waals surface area contributed by atoms with Gasteiger partial charge in [0.1, 0.15) is 18.2 Å². The average Bonchev–Trinajstić information content (AvgIpc) is 3.02. The summed E-state index contributed by atoms with van der Waals surface area (Å²) in [5.74, 6) is 1.79. The van der Waals surface area contributed by atoms with E-state index in [1.807, 2.05) is 0 Å². The van der Waals surface area contributed by atoms with Crippen molar-refractivity contribution in [2.75, 3.05) is 0 Å².